The van der Waals surface area contributed by atoms with Crippen molar-refractivity contribution < 1.29 is 14.0 Å². The summed E-state index contributed by atoms with van der Waals surface area (Å²) in [7, 11) is 0. The van der Waals surface area contributed by atoms with Gasteiger partial charge in [-0.2, -0.15) is 0 Å². The fraction of sp³-hybridized carbons (Fsp3) is 0.0667. The van der Waals surface area contributed by atoms with Crippen molar-refractivity contribution in [3.63, 3.8) is 0 Å². The van der Waals surface area contributed by atoms with Gasteiger partial charge in [0.15, 0.2) is 0 Å². The Morgan fingerprint density at radius 1 is 1.25 bits per heavy atom. The van der Waals surface area contributed by atoms with E-state index in [1.165, 1.54) is 41.6 Å². The summed E-state index contributed by atoms with van der Waals surface area (Å²) < 4.78 is 13.1. The van der Waals surface area contributed by atoms with E-state index in [-0.39, 0.29) is 11.6 Å². The van der Waals surface area contributed by atoms with Gasteiger partial charge in [-0.05, 0) is 17.7 Å². The lowest BCUT2D eigenvalue weighted by Gasteiger charge is -2.05. The van der Waals surface area contributed by atoms with Gasteiger partial charge < -0.3 is 5.73 Å². The van der Waals surface area contributed by atoms with E-state index in [0.29, 0.717) is 5.03 Å². The van der Waals surface area contributed by atoms with E-state index in [1.807, 2.05) is 10.7 Å². The summed E-state index contributed by atoms with van der Waals surface area (Å²) in [6.07, 6.45) is 1.42. The van der Waals surface area contributed by atoms with Gasteiger partial charge in [-0.25, -0.2) is 19.2 Å². The Labute approximate surface area is 144 Å². The molecule has 2 heterocycles. The summed E-state index contributed by atoms with van der Waals surface area (Å²) >= 11 is 2.62. The smallest absolute Gasteiger partial charge is 0.318 e. The molecule has 2 aromatic heterocycles. The van der Waals surface area contributed by atoms with Crippen LogP contribution in [0.25, 0.3) is 21.3 Å². The highest BCUT2D eigenvalue weighted by Gasteiger charge is 2.15. The Bertz CT molecular complexity index is 911. The normalized spacial score (nSPS) is 10.7. The maximum absolute atomic E-state index is 13.1. The monoisotopic (exact) mass is 362 g/mol. The molecule has 3 N–H and O–H groups in total. The highest BCUT2D eigenvalue weighted by molar-refractivity contribution is 8.00. The molecule has 3 aromatic rings. The molecule has 0 saturated heterocycles. The number of hydrogen-bond acceptors (Lipinski definition) is 6. The summed E-state index contributed by atoms with van der Waals surface area (Å²) in [4.78, 5) is 31.5. The number of primary amides is 1. The summed E-state index contributed by atoms with van der Waals surface area (Å²) in [5, 5.41) is 5.33. The van der Waals surface area contributed by atoms with Crippen molar-refractivity contribution in [2.24, 2.45) is 5.73 Å². The van der Waals surface area contributed by atoms with E-state index >= 15 is 0 Å². The van der Waals surface area contributed by atoms with Crippen LogP contribution in [0.3, 0.4) is 0 Å². The first-order valence-corrected chi connectivity index (χ1v) is 8.61. The molecule has 0 radical (unpaired) electrons. The van der Waals surface area contributed by atoms with E-state index in [1.54, 1.807) is 12.1 Å². The molecule has 0 atom stereocenters. The number of urea groups is 1. The van der Waals surface area contributed by atoms with Gasteiger partial charge >= 0.3 is 6.03 Å². The number of carbonyl (C=O) groups excluding carboxylic acids is 2. The first-order valence-electron chi connectivity index (χ1n) is 6.75. The van der Waals surface area contributed by atoms with Crippen LogP contribution in [0.4, 0.5) is 9.18 Å². The summed E-state index contributed by atoms with van der Waals surface area (Å²) in [5.41, 5.74) is 6.62. The number of carbonyl (C=O) groups is 2. The lowest BCUT2D eigenvalue weighted by atomic mass is 10.1. The Hall–Kier alpha value is -2.52. The second-order valence-corrected chi connectivity index (χ2v) is 6.54. The molecule has 0 fully saturated rings. The Kier molecular flexibility index (Phi) is 4.72. The van der Waals surface area contributed by atoms with Crippen molar-refractivity contribution in [1.29, 1.82) is 0 Å². The van der Waals surface area contributed by atoms with Crippen LogP contribution in [-0.4, -0.2) is 27.7 Å². The largest absolute Gasteiger partial charge is 0.351 e. The number of aromatic nitrogens is 2. The first-order chi connectivity index (χ1) is 11.5. The molecule has 1 aromatic carbocycles. The van der Waals surface area contributed by atoms with Crippen LogP contribution in [-0.2, 0) is 4.79 Å². The summed E-state index contributed by atoms with van der Waals surface area (Å²) in [5.74, 6) is -0.821. The minimum atomic E-state index is -0.893. The number of imide groups is 1. The minimum Gasteiger partial charge on any atom is -0.351 e. The number of hydrogen-bond donors (Lipinski definition) is 2. The van der Waals surface area contributed by atoms with Crippen LogP contribution in [0, 0.1) is 5.82 Å². The first kappa shape index (κ1) is 16.3. The van der Waals surface area contributed by atoms with Crippen LogP contribution < -0.4 is 11.1 Å². The van der Waals surface area contributed by atoms with Gasteiger partial charge in [0, 0.05) is 10.9 Å². The molecule has 24 heavy (non-hydrogen) atoms. The molecule has 6 nitrogen and oxygen atoms in total. The zero-order chi connectivity index (χ0) is 17.1. The Morgan fingerprint density at radius 3 is 2.71 bits per heavy atom. The number of fused-ring (bicyclic) bond motifs is 1. The summed E-state index contributed by atoms with van der Waals surface area (Å²) in [6.45, 7) is 0. The number of thioether (sulfide) groups is 1. The third-order valence-electron chi connectivity index (χ3n) is 3.09. The Morgan fingerprint density at radius 2 is 2.00 bits per heavy atom. The summed E-state index contributed by atoms with van der Waals surface area (Å²) in [6, 6.07) is 5.23. The fourth-order valence-electron chi connectivity index (χ4n) is 2.11. The second kappa shape index (κ2) is 6.93. The van der Waals surface area contributed by atoms with E-state index in [0.717, 1.165) is 21.3 Å². The number of rotatable bonds is 4. The van der Waals surface area contributed by atoms with Crippen molar-refractivity contribution in [3.05, 3.63) is 41.8 Å². The highest BCUT2D eigenvalue weighted by atomic mass is 32.2. The maximum Gasteiger partial charge on any atom is 0.318 e. The maximum atomic E-state index is 13.1. The van der Waals surface area contributed by atoms with E-state index in [9.17, 15) is 14.0 Å². The quantitative estimate of drug-likeness (QED) is 0.549. The molecular weight excluding hydrogens is 351 g/mol. The predicted molar refractivity (Wildman–Crippen MR) is 91.3 cm³/mol. The van der Waals surface area contributed by atoms with Crippen LogP contribution in [0.15, 0.2) is 41.0 Å². The third kappa shape index (κ3) is 3.52. The molecule has 0 aliphatic heterocycles. The lowest BCUT2D eigenvalue weighted by molar-refractivity contribution is -0.117. The van der Waals surface area contributed by atoms with Crippen LogP contribution in [0.2, 0.25) is 0 Å². The van der Waals surface area contributed by atoms with Crippen LogP contribution >= 0.6 is 23.1 Å². The van der Waals surface area contributed by atoms with Gasteiger partial charge in [-0.1, -0.05) is 23.9 Å². The fourth-order valence-corrected chi connectivity index (χ4v) is 3.90. The number of halogens is 1. The van der Waals surface area contributed by atoms with Gasteiger partial charge in [-0.15, -0.1) is 11.3 Å². The van der Waals surface area contributed by atoms with Crippen molar-refractivity contribution >= 4 is 45.3 Å². The molecule has 0 spiro atoms. The number of amides is 3. The van der Waals surface area contributed by atoms with Crippen molar-refractivity contribution in [1.82, 2.24) is 15.3 Å². The molecule has 3 amide bonds. The molecule has 0 aliphatic rings. The van der Waals surface area contributed by atoms with Gasteiger partial charge in [0.05, 0.1) is 11.1 Å². The highest BCUT2D eigenvalue weighted by Crippen LogP contribution is 2.37. The molecule has 0 aliphatic carbocycles. The van der Waals surface area contributed by atoms with E-state index < -0.39 is 11.9 Å². The second-order valence-electron chi connectivity index (χ2n) is 4.72. The van der Waals surface area contributed by atoms with Gasteiger partial charge in [-0.3, -0.25) is 10.1 Å². The number of nitrogens with one attached hydrogen (secondary N) is 1. The average Bonchev–Trinajstić information content (AvgIpc) is 2.97. The molecule has 3 rings (SSSR count). The number of benzene rings is 1. The lowest BCUT2D eigenvalue weighted by Crippen LogP contribution is -2.36. The molecule has 0 unspecified atom stereocenters. The number of thiophene rings is 1. The zero-order valence-electron chi connectivity index (χ0n) is 12.2. The van der Waals surface area contributed by atoms with Gasteiger partial charge in [0.25, 0.3) is 0 Å². The van der Waals surface area contributed by atoms with Gasteiger partial charge in [0.1, 0.15) is 22.0 Å². The topological polar surface area (TPSA) is 98.0 Å². The van der Waals surface area contributed by atoms with Gasteiger partial charge in [0.2, 0.25) is 5.91 Å². The molecule has 0 bridgehead atoms. The standard InChI is InChI=1S/C15H11FN4O2S2/c16-9-3-1-8(2-4-9)10-5-23-13-12(10)14(19-7-18-13)24-6-11(21)20-15(17)22/h1-5,7H,6H2,(H3,17,20,21,22). The molecule has 9 heteroatoms. The SMILES string of the molecule is NC(=O)NC(=O)CSc1ncnc2scc(-c3ccc(F)cc3)c12. The predicted octanol–water partition coefficient (Wildman–Crippen LogP) is 2.78. The number of nitrogens with zero attached hydrogens (tertiary/aromatic N) is 2. The molecule has 0 saturated carbocycles. The van der Waals surface area contributed by atoms with Crippen molar-refractivity contribution in [3.8, 4) is 11.1 Å². The van der Waals surface area contributed by atoms with Crippen LogP contribution in [0.1, 0.15) is 0 Å². The van der Waals surface area contributed by atoms with Crippen molar-refractivity contribution in [2.75, 3.05) is 5.75 Å². The average molecular weight is 362 g/mol. The minimum absolute atomic E-state index is 0.00619. The van der Waals surface area contributed by atoms with Crippen LogP contribution in [0.5, 0.6) is 0 Å². The molecular formula is C15H11FN4O2S2. The Balaban J connectivity index is 1.94. The van der Waals surface area contributed by atoms with Crippen molar-refractivity contribution in [2.45, 2.75) is 5.03 Å². The van der Waals surface area contributed by atoms with E-state index in [2.05, 4.69) is 9.97 Å². The third-order valence-corrected chi connectivity index (χ3v) is 4.97. The zero-order valence-corrected chi connectivity index (χ0v) is 13.8. The van der Waals surface area contributed by atoms with E-state index in [4.69, 9.17) is 5.73 Å². The number of nitrogens with two attached hydrogens (primary N) is 1. The molecule has 122 valence electrons.